The Labute approximate surface area is 193 Å². The van der Waals surface area contributed by atoms with Crippen LogP contribution in [0.25, 0.3) is 0 Å². The van der Waals surface area contributed by atoms with Crippen LogP contribution in [0.4, 0.5) is 0 Å². The largest absolute Gasteiger partial charge is 0.317 e. The van der Waals surface area contributed by atoms with Gasteiger partial charge in [-0.25, -0.2) is 0 Å². The highest BCUT2D eigenvalue weighted by molar-refractivity contribution is 4.51. The fraction of sp³-hybridized carbons (Fsp3) is 0.929. The first kappa shape index (κ1) is 56.7. The summed E-state index contributed by atoms with van der Waals surface area (Å²) in [5, 5.41) is 3.20. The van der Waals surface area contributed by atoms with Crippen LogP contribution in [0.1, 0.15) is 157 Å². The van der Waals surface area contributed by atoms with Crippen LogP contribution in [-0.2, 0) is 0 Å². The number of rotatable bonds is 6. The van der Waals surface area contributed by atoms with E-state index in [1.165, 1.54) is 32.1 Å². The van der Waals surface area contributed by atoms with E-state index in [2.05, 4.69) is 60.4 Å². The summed E-state index contributed by atoms with van der Waals surface area (Å²) >= 11 is 0. The van der Waals surface area contributed by atoms with Crippen LogP contribution < -0.4 is 5.32 Å². The minimum absolute atomic E-state index is 0.884. The first-order chi connectivity index (χ1) is 14.0. The number of hydrogen-bond acceptors (Lipinski definition) is 1. The van der Waals surface area contributed by atoms with Crippen LogP contribution in [0.3, 0.4) is 0 Å². The number of allylic oxidation sites excluding steroid dienone is 1. The molecule has 0 rings (SSSR count). The predicted octanol–water partition coefficient (Wildman–Crippen LogP) is 11.6. The van der Waals surface area contributed by atoms with Gasteiger partial charge in [-0.15, -0.1) is 6.58 Å². The van der Waals surface area contributed by atoms with Gasteiger partial charge in [0.15, 0.2) is 0 Å². The topological polar surface area (TPSA) is 12.0 Å². The molecule has 0 unspecified atom stereocenters. The van der Waals surface area contributed by atoms with Gasteiger partial charge < -0.3 is 5.32 Å². The Bertz CT molecular complexity index is 103. The average Bonchev–Trinajstić information content (AvgIpc) is 2.81. The molecule has 1 heteroatoms. The van der Waals surface area contributed by atoms with E-state index in [4.69, 9.17) is 0 Å². The molecule has 0 saturated carbocycles. The smallest absolute Gasteiger partial charge is 0.00517 e. The molecule has 0 aromatic rings. The SMILES string of the molecule is C=CC.CC.CC.CC.CC.CC.CCC(C)C.CCCCC.CCCNCC. The third-order valence-electron chi connectivity index (χ3n) is 2.20. The lowest BCUT2D eigenvalue weighted by Gasteiger charge is -1.91. The molecule has 0 aromatic heterocycles. The normalized spacial score (nSPS) is 6.45. The van der Waals surface area contributed by atoms with Crippen LogP contribution in [-0.4, -0.2) is 13.1 Å². The molecule has 0 aliphatic rings. The molecule has 0 spiro atoms. The molecule has 0 saturated heterocycles. The third-order valence-corrected chi connectivity index (χ3v) is 2.20. The van der Waals surface area contributed by atoms with Crippen molar-refractivity contribution in [2.75, 3.05) is 13.1 Å². The van der Waals surface area contributed by atoms with E-state index in [0.717, 1.165) is 19.0 Å². The Hall–Kier alpha value is -0.300. The second kappa shape index (κ2) is 144. The maximum Gasteiger partial charge on any atom is -0.00517 e. The number of unbranched alkanes of at least 4 members (excludes halogenated alkanes) is 2. The Morgan fingerprint density at radius 3 is 0.931 bits per heavy atom. The summed E-state index contributed by atoms with van der Waals surface area (Å²) in [4.78, 5) is 0. The van der Waals surface area contributed by atoms with Crippen molar-refractivity contribution >= 4 is 0 Å². The maximum absolute atomic E-state index is 3.36. The van der Waals surface area contributed by atoms with Gasteiger partial charge in [-0.3, -0.25) is 0 Å². The average molecular weight is 424 g/mol. The molecule has 0 radical (unpaired) electrons. The Kier molecular flexibility index (Phi) is 282. The van der Waals surface area contributed by atoms with Gasteiger partial charge in [0.2, 0.25) is 0 Å². The molecule has 0 heterocycles. The second-order valence-corrected chi connectivity index (χ2v) is 4.92. The summed E-state index contributed by atoms with van der Waals surface area (Å²) in [5.74, 6) is 0.884. The molecule has 0 atom stereocenters. The Morgan fingerprint density at radius 1 is 0.655 bits per heavy atom. The first-order valence-corrected chi connectivity index (χ1v) is 13.3. The highest BCUT2D eigenvalue weighted by Gasteiger charge is 1.80. The molecule has 29 heavy (non-hydrogen) atoms. The van der Waals surface area contributed by atoms with Crippen molar-refractivity contribution in [3.8, 4) is 0 Å². The summed E-state index contributed by atoms with van der Waals surface area (Å²) in [6, 6.07) is 0. The zero-order valence-corrected chi connectivity index (χ0v) is 25.3. The molecule has 0 aliphatic heterocycles. The molecule has 0 bridgehead atoms. The summed E-state index contributed by atoms with van der Waals surface area (Å²) in [5.41, 5.74) is 0. The van der Waals surface area contributed by atoms with Gasteiger partial charge in [-0.1, -0.05) is 149 Å². The zero-order valence-electron chi connectivity index (χ0n) is 25.3. The van der Waals surface area contributed by atoms with Crippen molar-refractivity contribution in [2.45, 2.75) is 157 Å². The maximum atomic E-state index is 3.36. The van der Waals surface area contributed by atoms with Crippen molar-refractivity contribution in [1.82, 2.24) is 5.32 Å². The lowest BCUT2D eigenvalue weighted by Crippen LogP contribution is -2.12. The van der Waals surface area contributed by atoms with Crippen molar-refractivity contribution in [1.29, 1.82) is 0 Å². The van der Waals surface area contributed by atoms with Crippen molar-refractivity contribution < 1.29 is 0 Å². The van der Waals surface area contributed by atoms with Crippen molar-refractivity contribution in [3.05, 3.63) is 12.7 Å². The zero-order chi connectivity index (χ0) is 25.9. The molecule has 0 aliphatic carbocycles. The van der Waals surface area contributed by atoms with E-state index < -0.39 is 0 Å². The van der Waals surface area contributed by atoms with E-state index in [1.807, 2.05) is 76.2 Å². The van der Waals surface area contributed by atoms with E-state index in [1.54, 1.807) is 6.08 Å². The van der Waals surface area contributed by atoms with E-state index in [-0.39, 0.29) is 0 Å². The molecule has 190 valence electrons. The summed E-state index contributed by atoms with van der Waals surface area (Å²) < 4.78 is 0. The van der Waals surface area contributed by atoms with Gasteiger partial charge in [0, 0.05) is 0 Å². The third kappa shape index (κ3) is 408. The molecule has 1 N–H and O–H groups in total. The van der Waals surface area contributed by atoms with Crippen LogP contribution in [0.15, 0.2) is 12.7 Å². The first-order valence-electron chi connectivity index (χ1n) is 13.3. The number of hydrogen-bond donors (Lipinski definition) is 1. The molecule has 0 fully saturated rings. The van der Waals surface area contributed by atoms with Crippen LogP contribution in [0.2, 0.25) is 0 Å². The molecular weight excluding hydrogens is 350 g/mol. The van der Waals surface area contributed by atoms with Gasteiger partial charge in [0.1, 0.15) is 0 Å². The van der Waals surface area contributed by atoms with Crippen molar-refractivity contribution in [2.24, 2.45) is 5.92 Å². The van der Waals surface area contributed by atoms with E-state index in [9.17, 15) is 0 Å². The molecule has 1 nitrogen and oxygen atoms in total. The molecule has 0 amide bonds. The molecule has 0 aromatic carbocycles. The van der Waals surface area contributed by atoms with Gasteiger partial charge in [-0.05, 0) is 32.4 Å². The second-order valence-electron chi connectivity index (χ2n) is 4.92. The van der Waals surface area contributed by atoms with Gasteiger partial charge in [0.25, 0.3) is 0 Å². The van der Waals surface area contributed by atoms with Gasteiger partial charge in [0.05, 0.1) is 0 Å². The highest BCUT2D eigenvalue weighted by Crippen LogP contribution is 1.93. The van der Waals surface area contributed by atoms with Crippen LogP contribution in [0.5, 0.6) is 0 Å². The summed E-state index contributed by atoms with van der Waals surface area (Å²) in [7, 11) is 0. The van der Waals surface area contributed by atoms with E-state index in [0.29, 0.717) is 0 Å². The fourth-order valence-corrected chi connectivity index (χ4v) is 0.707. The Morgan fingerprint density at radius 2 is 0.897 bits per heavy atom. The van der Waals surface area contributed by atoms with Crippen LogP contribution >= 0.6 is 0 Å². The highest BCUT2D eigenvalue weighted by atomic mass is 14.8. The van der Waals surface area contributed by atoms with Crippen molar-refractivity contribution in [3.63, 3.8) is 0 Å². The minimum atomic E-state index is 0.884. The fourth-order valence-electron chi connectivity index (χ4n) is 0.707. The summed E-state index contributed by atoms with van der Waals surface area (Å²) in [6.07, 6.45) is 8.38. The standard InChI is InChI=1S/C5H13N.2C5H12.C3H6.5C2H6/c1-3-5-6-4-2;1-4-5(2)3;1-3-5-4-2;1-3-2;5*1-2/h6H,3-5H2,1-2H3;5H,4H2,1-3H3;3-5H2,1-2H3;3H,1H2,2H3;5*1-2H3. The van der Waals surface area contributed by atoms with Gasteiger partial charge in [-0.2, -0.15) is 0 Å². The van der Waals surface area contributed by atoms with Gasteiger partial charge >= 0.3 is 0 Å². The predicted molar refractivity (Wildman–Crippen MR) is 152 cm³/mol. The number of nitrogens with one attached hydrogen (secondary N) is 1. The lowest BCUT2D eigenvalue weighted by molar-refractivity contribution is 0.626. The van der Waals surface area contributed by atoms with Crippen LogP contribution in [0, 0.1) is 5.92 Å². The minimum Gasteiger partial charge on any atom is -0.317 e. The monoisotopic (exact) mass is 424 g/mol. The lowest BCUT2D eigenvalue weighted by atomic mass is 10.2. The quantitative estimate of drug-likeness (QED) is 0.330. The Balaban J connectivity index is -0.0000000232. The molecular formula is C28H73N. The van der Waals surface area contributed by atoms with E-state index >= 15 is 0 Å². The summed E-state index contributed by atoms with van der Waals surface area (Å²) in [6.45, 7) is 42.9.